The first-order chi connectivity index (χ1) is 11.8. The Morgan fingerprint density at radius 2 is 2.12 bits per heavy atom. The number of H-pyrrole nitrogens is 1. The number of piperidine rings is 1. The summed E-state index contributed by atoms with van der Waals surface area (Å²) < 4.78 is 0. The highest BCUT2D eigenvalue weighted by Crippen LogP contribution is 2.25. The average molecular weight is 320 g/mol. The Bertz CT molecular complexity index is 838. The SMILES string of the molecule is O=C(c1ccn[nH]1)N1CCC[C@H](Cc2ccnc3ccccc23)C1. The Kier molecular flexibility index (Phi) is 3.99. The number of fused-ring (bicyclic) bond motifs is 1. The highest BCUT2D eigenvalue weighted by Gasteiger charge is 2.25. The molecule has 0 aliphatic carbocycles. The molecule has 1 aliphatic heterocycles. The molecule has 1 N–H and O–H groups in total. The molecule has 1 fully saturated rings. The molecule has 1 atom stereocenters. The topological polar surface area (TPSA) is 61.9 Å². The van der Waals surface area contributed by atoms with Gasteiger partial charge in [-0.3, -0.25) is 14.9 Å². The molecule has 1 aromatic carbocycles. The Hall–Kier alpha value is -2.69. The molecule has 24 heavy (non-hydrogen) atoms. The molecule has 1 saturated heterocycles. The van der Waals surface area contributed by atoms with Crippen molar-refractivity contribution in [3.63, 3.8) is 0 Å². The number of carbonyl (C=O) groups is 1. The number of aromatic nitrogens is 3. The first kappa shape index (κ1) is 14.9. The van der Waals surface area contributed by atoms with Gasteiger partial charge < -0.3 is 4.90 Å². The summed E-state index contributed by atoms with van der Waals surface area (Å²) in [5, 5.41) is 7.87. The first-order valence-electron chi connectivity index (χ1n) is 8.42. The standard InChI is InChI=1S/C19H20N4O/c24-19(18-8-10-21-22-18)23-11-3-4-14(13-23)12-15-7-9-20-17-6-2-1-5-16(15)17/h1-2,5-10,14H,3-4,11-13H2,(H,21,22)/t14-/m1/s1. The van der Waals surface area contributed by atoms with Crippen molar-refractivity contribution in [1.29, 1.82) is 0 Å². The normalized spacial score (nSPS) is 18.0. The zero-order valence-corrected chi connectivity index (χ0v) is 13.5. The van der Waals surface area contributed by atoms with Crippen LogP contribution in [-0.4, -0.2) is 39.1 Å². The summed E-state index contributed by atoms with van der Waals surface area (Å²) in [7, 11) is 0. The van der Waals surface area contributed by atoms with Crippen molar-refractivity contribution in [2.24, 2.45) is 5.92 Å². The van der Waals surface area contributed by atoms with Crippen molar-refractivity contribution in [1.82, 2.24) is 20.1 Å². The van der Waals surface area contributed by atoms with Crippen LogP contribution in [0.2, 0.25) is 0 Å². The van der Waals surface area contributed by atoms with E-state index in [9.17, 15) is 4.79 Å². The smallest absolute Gasteiger partial charge is 0.271 e. The number of likely N-dealkylation sites (tertiary alicyclic amines) is 1. The van der Waals surface area contributed by atoms with E-state index in [0.717, 1.165) is 37.9 Å². The van der Waals surface area contributed by atoms with Gasteiger partial charge in [-0.15, -0.1) is 0 Å². The molecule has 0 spiro atoms. The summed E-state index contributed by atoms with van der Waals surface area (Å²) in [6.45, 7) is 1.62. The van der Waals surface area contributed by atoms with Crippen LogP contribution in [0.15, 0.2) is 48.8 Å². The van der Waals surface area contributed by atoms with Gasteiger partial charge >= 0.3 is 0 Å². The van der Waals surface area contributed by atoms with Crippen LogP contribution in [0.4, 0.5) is 0 Å². The molecule has 3 heterocycles. The van der Waals surface area contributed by atoms with Gasteiger partial charge in [-0.05, 0) is 48.9 Å². The summed E-state index contributed by atoms with van der Waals surface area (Å²) >= 11 is 0. The number of nitrogens with zero attached hydrogens (tertiary/aromatic N) is 3. The van der Waals surface area contributed by atoms with Gasteiger partial charge in [0.2, 0.25) is 0 Å². The number of carbonyl (C=O) groups excluding carboxylic acids is 1. The molecule has 2 aromatic heterocycles. The zero-order chi connectivity index (χ0) is 16.4. The van der Waals surface area contributed by atoms with Crippen molar-refractivity contribution < 1.29 is 4.79 Å². The molecule has 0 saturated carbocycles. The van der Waals surface area contributed by atoms with Crippen LogP contribution in [0.25, 0.3) is 10.9 Å². The number of benzene rings is 1. The summed E-state index contributed by atoms with van der Waals surface area (Å²) in [6, 6.07) is 12.1. The van der Waals surface area contributed by atoms with E-state index in [1.807, 2.05) is 23.2 Å². The van der Waals surface area contributed by atoms with Crippen molar-refractivity contribution in [3.8, 4) is 0 Å². The maximum atomic E-state index is 12.5. The van der Waals surface area contributed by atoms with Crippen LogP contribution in [0, 0.1) is 5.92 Å². The van der Waals surface area contributed by atoms with Gasteiger partial charge in [0.1, 0.15) is 5.69 Å². The fourth-order valence-corrected chi connectivity index (χ4v) is 3.61. The van der Waals surface area contributed by atoms with Gasteiger partial charge in [0, 0.05) is 30.9 Å². The van der Waals surface area contributed by atoms with E-state index < -0.39 is 0 Å². The van der Waals surface area contributed by atoms with Gasteiger partial charge in [-0.25, -0.2) is 0 Å². The summed E-state index contributed by atoms with van der Waals surface area (Å²) in [4.78, 5) is 18.9. The lowest BCUT2D eigenvalue weighted by molar-refractivity contribution is 0.0667. The molecule has 4 rings (SSSR count). The molecule has 1 aliphatic rings. The monoisotopic (exact) mass is 320 g/mol. The second-order valence-electron chi connectivity index (χ2n) is 6.42. The molecule has 5 heteroatoms. The Labute approximate surface area is 140 Å². The quantitative estimate of drug-likeness (QED) is 0.807. The predicted octanol–water partition coefficient (Wildman–Crippen LogP) is 3.05. The molecule has 0 radical (unpaired) electrons. The van der Waals surface area contributed by atoms with Crippen molar-refractivity contribution in [2.75, 3.05) is 13.1 Å². The Balaban J connectivity index is 1.51. The largest absolute Gasteiger partial charge is 0.337 e. The Morgan fingerprint density at radius 3 is 3.00 bits per heavy atom. The van der Waals surface area contributed by atoms with Crippen LogP contribution in [-0.2, 0) is 6.42 Å². The highest BCUT2D eigenvalue weighted by atomic mass is 16.2. The summed E-state index contributed by atoms with van der Waals surface area (Å²) in [5.41, 5.74) is 2.93. The number of aromatic amines is 1. The minimum atomic E-state index is 0.0526. The van der Waals surface area contributed by atoms with Gasteiger partial charge in [-0.1, -0.05) is 18.2 Å². The third kappa shape index (κ3) is 2.89. The molecule has 5 nitrogen and oxygen atoms in total. The molecule has 0 unspecified atom stereocenters. The van der Waals surface area contributed by atoms with Crippen LogP contribution in [0.3, 0.4) is 0 Å². The van der Waals surface area contributed by atoms with Crippen LogP contribution < -0.4 is 0 Å². The Morgan fingerprint density at radius 1 is 1.21 bits per heavy atom. The number of hydrogen-bond donors (Lipinski definition) is 1. The van der Waals surface area contributed by atoms with Crippen LogP contribution in [0.1, 0.15) is 28.9 Å². The lowest BCUT2D eigenvalue weighted by Gasteiger charge is -2.32. The van der Waals surface area contributed by atoms with Gasteiger partial charge in [0.05, 0.1) is 5.52 Å². The zero-order valence-electron chi connectivity index (χ0n) is 13.5. The van der Waals surface area contributed by atoms with E-state index in [4.69, 9.17) is 0 Å². The third-order valence-corrected chi connectivity index (χ3v) is 4.79. The number of hydrogen-bond acceptors (Lipinski definition) is 3. The highest BCUT2D eigenvalue weighted by molar-refractivity contribution is 5.92. The van der Waals surface area contributed by atoms with E-state index in [-0.39, 0.29) is 5.91 Å². The lowest BCUT2D eigenvalue weighted by atomic mass is 9.90. The first-order valence-corrected chi connectivity index (χ1v) is 8.42. The number of rotatable bonds is 3. The van der Waals surface area contributed by atoms with Crippen molar-refractivity contribution in [2.45, 2.75) is 19.3 Å². The van der Waals surface area contributed by atoms with Crippen LogP contribution in [0.5, 0.6) is 0 Å². The minimum Gasteiger partial charge on any atom is -0.337 e. The second-order valence-corrected chi connectivity index (χ2v) is 6.42. The van der Waals surface area contributed by atoms with Crippen molar-refractivity contribution in [3.05, 3.63) is 60.0 Å². The van der Waals surface area contributed by atoms with E-state index >= 15 is 0 Å². The lowest BCUT2D eigenvalue weighted by Crippen LogP contribution is -2.40. The minimum absolute atomic E-state index is 0.0526. The number of para-hydroxylation sites is 1. The van der Waals surface area contributed by atoms with E-state index in [0.29, 0.717) is 11.6 Å². The summed E-state index contributed by atoms with van der Waals surface area (Å²) in [5.74, 6) is 0.535. The molecular formula is C19H20N4O. The van der Waals surface area contributed by atoms with Gasteiger partial charge in [-0.2, -0.15) is 5.10 Å². The van der Waals surface area contributed by atoms with E-state index in [2.05, 4.69) is 33.4 Å². The van der Waals surface area contributed by atoms with E-state index in [1.54, 1.807) is 12.3 Å². The molecule has 3 aromatic rings. The number of amides is 1. The molecule has 122 valence electrons. The summed E-state index contributed by atoms with van der Waals surface area (Å²) in [6.07, 6.45) is 6.69. The third-order valence-electron chi connectivity index (χ3n) is 4.79. The second kappa shape index (κ2) is 6.43. The number of nitrogens with one attached hydrogen (secondary N) is 1. The average Bonchev–Trinajstić information content (AvgIpc) is 3.16. The van der Waals surface area contributed by atoms with Gasteiger partial charge in [0.25, 0.3) is 5.91 Å². The van der Waals surface area contributed by atoms with Gasteiger partial charge in [0.15, 0.2) is 0 Å². The predicted molar refractivity (Wildman–Crippen MR) is 92.7 cm³/mol. The fourth-order valence-electron chi connectivity index (χ4n) is 3.61. The molecule has 1 amide bonds. The van der Waals surface area contributed by atoms with Crippen molar-refractivity contribution >= 4 is 16.8 Å². The fraction of sp³-hybridized carbons (Fsp3) is 0.316. The maximum absolute atomic E-state index is 12.5. The maximum Gasteiger partial charge on any atom is 0.271 e. The molecule has 0 bridgehead atoms. The number of pyridine rings is 1. The van der Waals surface area contributed by atoms with E-state index in [1.165, 1.54) is 10.9 Å². The van der Waals surface area contributed by atoms with Crippen LogP contribution >= 0.6 is 0 Å². The molecular weight excluding hydrogens is 300 g/mol.